The van der Waals surface area contributed by atoms with E-state index in [-0.39, 0.29) is 0 Å². The number of nitrogens with zero attached hydrogens (tertiary/aromatic N) is 2. The van der Waals surface area contributed by atoms with Crippen LogP contribution in [0.5, 0.6) is 0 Å². The summed E-state index contributed by atoms with van der Waals surface area (Å²) in [7, 11) is 0. The zero-order valence-electron chi connectivity index (χ0n) is 10.1. The lowest BCUT2D eigenvalue weighted by Crippen LogP contribution is -2.48. The molecule has 1 aromatic heterocycles. The number of aryl methyl sites for hydroxylation is 1. The lowest BCUT2D eigenvalue weighted by atomic mass is 9.96. The normalized spacial score (nSPS) is 27.2. The third kappa shape index (κ3) is 2.62. The molecular weight excluding hydrogens is 218 g/mol. The summed E-state index contributed by atoms with van der Waals surface area (Å²) in [5.74, 6) is 0. The van der Waals surface area contributed by atoms with Gasteiger partial charge in [0.2, 0.25) is 0 Å². The molecule has 2 heterocycles. The van der Waals surface area contributed by atoms with Crippen molar-refractivity contribution in [3.63, 3.8) is 0 Å². The minimum Gasteiger partial charge on any atom is -0.329 e. The van der Waals surface area contributed by atoms with Crippen molar-refractivity contribution in [2.45, 2.75) is 51.7 Å². The number of piperidine rings is 1. The van der Waals surface area contributed by atoms with Crippen molar-refractivity contribution in [3.8, 4) is 0 Å². The molecule has 0 radical (unpaired) electrons. The highest BCUT2D eigenvalue weighted by Gasteiger charge is 2.27. The Morgan fingerprint density at radius 3 is 3.00 bits per heavy atom. The van der Waals surface area contributed by atoms with Gasteiger partial charge >= 0.3 is 0 Å². The smallest absolute Gasteiger partial charge is 0.0897 e. The number of likely N-dealkylation sites (tertiary alicyclic amines) is 1. The summed E-state index contributed by atoms with van der Waals surface area (Å²) in [6.07, 6.45) is 5.88. The Morgan fingerprint density at radius 2 is 2.38 bits per heavy atom. The van der Waals surface area contributed by atoms with Gasteiger partial charge in [0.15, 0.2) is 0 Å². The summed E-state index contributed by atoms with van der Waals surface area (Å²) in [6, 6.07) is 1.22. The van der Waals surface area contributed by atoms with Crippen molar-refractivity contribution in [1.29, 1.82) is 0 Å². The Balaban J connectivity index is 2.05. The molecule has 2 unspecified atom stereocenters. The van der Waals surface area contributed by atoms with E-state index in [2.05, 4.69) is 23.7 Å². The highest BCUT2D eigenvalue weighted by molar-refractivity contribution is 7.11. The van der Waals surface area contributed by atoms with Crippen molar-refractivity contribution in [3.05, 3.63) is 16.1 Å². The maximum absolute atomic E-state index is 5.86. The fraction of sp³-hybridized carbons (Fsp3) is 0.750. The molecular formula is C12H21N3S. The number of aromatic nitrogens is 1. The number of hydrogen-bond acceptors (Lipinski definition) is 4. The van der Waals surface area contributed by atoms with Crippen molar-refractivity contribution in [1.82, 2.24) is 9.88 Å². The van der Waals surface area contributed by atoms with Gasteiger partial charge in [-0.25, -0.2) is 4.98 Å². The Morgan fingerprint density at radius 1 is 1.56 bits per heavy atom. The second-order valence-electron chi connectivity index (χ2n) is 4.69. The molecule has 0 aliphatic carbocycles. The quantitative estimate of drug-likeness (QED) is 0.879. The van der Waals surface area contributed by atoms with Crippen molar-refractivity contribution < 1.29 is 0 Å². The number of nitrogens with two attached hydrogens (primary N) is 1. The summed E-state index contributed by atoms with van der Waals surface area (Å²) >= 11 is 1.80. The summed E-state index contributed by atoms with van der Waals surface area (Å²) in [5.41, 5.74) is 5.86. The van der Waals surface area contributed by atoms with Gasteiger partial charge in [-0.15, -0.1) is 11.3 Å². The summed E-state index contributed by atoms with van der Waals surface area (Å²) in [5, 5.41) is 1.16. The second-order valence-corrected chi connectivity index (χ2v) is 6.01. The maximum Gasteiger partial charge on any atom is 0.0897 e. The summed E-state index contributed by atoms with van der Waals surface area (Å²) in [6.45, 7) is 6.18. The van der Waals surface area contributed by atoms with Crippen LogP contribution in [0.3, 0.4) is 0 Å². The maximum atomic E-state index is 5.86. The van der Waals surface area contributed by atoms with Crippen LogP contribution in [0.2, 0.25) is 0 Å². The Kier molecular flexibility index (Phi) is 3.95. The average Bonchev–Trinajstić information content (AvgIpc) is 2.67. The molecule has 16 heavy (non-hydrogen) atoms. The first-order valence-electron chi connectivity index (χ1n) is 6.08. The molecule has 1 aliphatic heterocycles. The fourth-order valence-electron chi connectivity index (χ4n) is 2.54. The predicted molar refractivity (Wildman–Crippen MR) is 68.5 cm³/mol. The van der Waals surface area contributed by atoms with E-state index in [4.69, 9.17) is 5.73 Å². The van der Waals surface area contributed by atoms with Gasteiger partial charge < -0.3 is 5.73 Å². The first kappa shape index (κ1) is 12.0. The minimum absolute atomic E-state index is 0.561. The van der Waals surface area contributed by atoms with Crippen LogP contribution in [0.1, 0.15) is 36.1 Å². The molecule has 0 spiro atoms. The van der Waals surface area contributed by atoms with Gasteiger partial charge in [-0.3, -0.25) is 4.90 Å². The van der Waals surface area contributed by atoms with E-state index in [9.17, 15) is 0 Å². The molecule has 3 nitrogen and oxygen atoms in total. The molecule has 1 saturated heterocycles. The van der Waals surface area contributed by atoms with Gasteiger partial charge in [0.1, 0.15) is 0 Å². The molecule has 1 fully saturated rings. The summed E-state index contributed by atoms with van der Waals surface area (Å²) in [4.78, 5) is 8.24. The zero-order valence-corrected chi connectivity index (χ0v) is 11.0. The van der Waals surface area contributed by atoms with Crippen LogP contribution in [0, 0.1) is 6.92 Å². The van der Waals surface area contributed by atoms with Crippen LogP contribution in [0.4, 0.5) is 0 Å². The molecule has 2 N–H and O–H groups in total. The lowest BCUT2D eigenvalue weighted by molar-refractivity contribution is 0.0903. The number of rotatable bonds is 3. The van der Waals surface area contributed by atoms with Crippen molar-refractivity contribution >= 4 is 11.3 Å². The Hall–Kier alpha value is -0.450. The van der Waals surface area contributed by atoms with E-state index >= 15 is 0 Å². The first-order valence-corrected chi connectivity index (χ1v) is 6.89. The molecule has 1 aromatic rings. The molecule has 1 aliphatic rings. The molecule has 0 bridgehead atoms. The highest BCUT2D eigenvalue weighted by Crippen LogP contribution is 2.25. The van der Waals surface area contributed by atoms with Crippen LogP contribution in [-0.2, 0) is 6.54 Å². The van der Waals surface area contributed by atoms with E-state index in [1.54, 1.807) is 11.3 Å². The Labute approximate surface area is 102 Å². The third-order valence-corrected chi connectivity index (χ3v) is 4.37. The van der Waals surface area contributed by atoms with E-state index in [0.717, 1.165) is 18.1 Å². The number of hydrogen-bond donors (Lipinski definition) is 1. The van der Waals surface area contributed by atoms with Crippen LogP contribution in [-0.4, -0.2) is 28.5 Å². The van der Waals surface area contributed by atoms with Gasteiger partial charge in [0.25, 0.3) is 0 Å². The van der Waals surface area contributed by atoms with Gasteiger partial charge in [-0.2, -0.15) is 0 Å². The Bertz CT molecular complexity index is 337. The van der Waals surface area contributed by atoms with E-state index < -0.39 is 0 Å². The van der Waals surface area contributed by atoms with Crippen LogP contribution in [0.15, 0.2) is 6.20 Å². The van der Waals surface area contributed by atoms with Crippen molar-refractivity contribution in [2.75, 3.05) is 6.54 Å². The largest absolute Gasteiger partial charge is 0.329 e. The van der Waals surface area contributed by atoms with E-state index in [1.807, 2.05) is 6.20 Å². The SMILES string of the molecule is Cc1ncc(CN2C(C)CCCC2CN)s1. The molecule has 0 saturated carbocycles. The van der Waals surface area contributed by atoms with E-state index in [1.165, 1.54) is 24.1 Å². The van der Waals surface area contributed by atoms with Gasteiger partial charge in [0.05, 0.1) is 5.01 Å². The van der Waals surface area contributed by atoms with E-state index in [0.29, 0.717) is 12.1 Å². The topological polar surface area (TPSA) is 42.2 Å². The molecule has 0 aromatic carbocycles. The van der Waals surface area contributed by atoms with Crippen LogP contribution in [0.25, 0.3) is 0 Å². The lowest BCUT2D eigenvalue weighted by Gasteiger charge is -2.39. The molecule has 2 rings (SSSR count). The predicted octanol–water partition coefficient (Wildman–Crippen LogP) is 2.15. The third-order valence-electron chi connectivity index (χ3n) is 3.47. The fourth-order valence-corrected chi connectivity index (χ4v) is 3.34. The number of thiazole rings is 1. The summed E-state index contributed by atoms with van der Waals surface area (Å²) < 4.78 is 0. The van der Waals surface area contributed by atoms with Gasteiger partial charge in [0, 0.05) is 36.2 Å². The molecule has 4 heteroatoms. The van der Waals surface area contributed by atoms with Crippen LogP contribution < -0.4 is 5.73 Å². The second kappa shape index (κ2) is 5.25. The monoisotopic (exact) mass is 239 g/mol. The average molecular weight is 239 g/mol. The standard InChI is InChI=1S/C12H21N3S/c1-9-4-3-5-11(6-13)15(9)8-12-7-14-10(2)16-12/h7,9,11H,3-6,8,13H2,1-2H3. The molecule has 2 atom stereocenters. The van der Waals surface area contributed by atoms with Crippen molar-refractivity contribution in [2.24, 2.45) is 5.73 Å². The minimum atomic E-state index is 0.561. The molecule has 90 valence electrons. The zero-order chi connectivity index (χ0) is 11.5. The first-order chi connectivity index (χ1) is 7.70. The highest BCUT2D eigenvalue weighted by atomic mass is 32.1. The molecule has 0 amide bonds. The van der Waals surface area contributed by atoms with Gasteiger partial charge in [-0.1, -0.05) is 6.42 Å². The van der Waals surface area contributed by atoms with Crippen LogP contribution >= 0.6 is 11.3 Å². The van der Waals surface area contributed by atoms with Gasteiger partial charge in [-0.05, 0) is 26.7 Å².